The molecular formula is C48H40Br6N4O9. The summed E-state index contributed by atoms with van der Waals surface area (Å²) in [5.41, 5.74) is 10.2. The summed E-state index contributed by atoms with van der Waals surface area (Å²) in [6.07, 6.45) is 0.963. The van der Waals surface area contributed by atoms with Crippen molar-refractivity contribution in [3.05, 3.63) is 169 Å². The predicted molar refractivity (Wildman–Crippen MR) is 277 cm³/mol. The van der Waals surface area contributed by atoms with Crippen LogP contribution in [0.15, 0.2) is 146 Å². The van der Waals surface area contributed by atoms with Gasteiger partial charge in [-0.3, -0.25) is 4.79 Å². The second-order valence-electron chi connectivity index (χ2n) is 14.6. The Balaban J connectivity index is 1.16. The Morgan fingerprint density at radius 1 is 0.537 bits per heavy atom. The number of ether oxygens (including phenoxy) is 2. The van der Waals surface area contributed by atoms with Gasteiger partial charge in [0, 0.05) is 19.4 Å². The van der Waals surface area contributed by atoms with Crippen LogP contribution >= 0.6 is 95.6 Å². The van der Waals surface area contributed by atoms with Gasteiger partial charge in [-0.2, -0.15) is 0 Å². The maximum absolute atomic E-state index is 13.8. The molecule has 348 valence electrons. The number of carboxylic acids is 1. The third-order valence-corrected chi connectivity index (χ3v) is 13.2. The Morgan fingerprint density at radius 3 is 1.43 bits per heavy atom. The second-order valence-corrected chi connectivity index (χ2v) is 19.8. The first-order valence-corrected chi connectivity index (χ1v) is 25.0. The highest BCUT2D eigenvalue weighted by Crippen LogP contribution is 2.45. The standard InChI is InChI=1S/C48H40Br6N4O9/c49-33-15-30(23-41(43(33)59)66-45-35(51)16-29(11-13-55)17-36(45)52)12-14-56-47(61)39(57-64-25-27-7-3-1-4-8-27)21-31-19-37(53)46(38(54)20-31)67-42-24-32(18-34(50)44(42)60)22-40(48(62)63)58-65-26-28-9-5-2-6-10-28/h1-10,15-20,23-24,59-60H,11-14,21-22,25-26,55H2,(H,56,61)(H,62,63)/b57-39-,58-40-. The quantitative estimate of drug-likeness (QED) is 0.0342. The Hall–Kier alpha value is -4.76. The number of aromatic hydroxyl groups is 2. The third-order valence-electron chi connectivity index (χ3n) is 9.60. The van der Waals surface area contributed by atoms with Gasteiger partial charge in [-0.1, -0.05) is 71.0 Å². The smallest absolute Gasteiger partial charge is 0.354 e. The number of nitrogens with one attached hydrogen (secondary N) is 1. The molecule has 0 saturated heterocycles. The summed E-state index contributed by atoms with van der Waals surface area (Å²) in [5, 5.41) is 42.8. The van der Waals surface area contributed by atoms with Crippen LogP contribution < -0.4 is 20.5 Å². The van der Waals surface area contributed by atoms with Crippen LogP contribution in [-0.2, 0) is 58.2 Å². The summed E-state index contributed by atoms with van der Waals surface area (Å²) >= 11 is 21.1. The van der Waals surface area contributed by atoms with E-state index in [-0.39, 0.29) is 77.2 Å². The van der Waals surface area contributed by atoms with Gasteiger partial charge in [-0.05, 0) is 197 Å². The summed E-state index contributed by atoms with van der Waals surface area (Å²) in [6, 6.07) is 32.5. The number of rotatable bonds is 21. The van der Waals surface area contributed by atoms with Crippen molar-refractivity contribution in [3.63, 3.8) is 0 Å². The minimum Gasteiger partial charge on any atom is -0.503 e. The minimum atomic E-state index is -1.27. The Labute approximate surface area is 436 Å². The van der Waals surface area contributed by atoms with E-state index in [2.05, 4.69) is 111 Å². The number of halogens is 6. The maximum atomic E-state index is 13.8. The number of phenolic OH excluding ortho intramolecular Hbond substituents is 2. The summed E-state index contributed by atoms with van der Waals surface area (Å²) in [7, 11) is 0. The van der Waals surface area contributed by atoms with Crippen LogP contribution in [0.5, 0.6) is 34.5 Å². The largest absolute Gasteiger partial charge is 0.503 e. The van der Waals surface area contributed by atoms with E-state index in [1.54, 1.807) is 30.3 Å². The molecule has 1 amide bonds. The highest BCUT2D eigenvalue weighted by Gasteiger charge is 2.21. The molecule has 67 heavy (non-hydrogen) atoms. The van der Waals surface area contributed by atoms with E-state index in [1.807, 2.05) is 72.8 Å². The van der Waals surface area contributed by atoms with Gasteiger partial charge in [0.05, 0.1) is 26.8 Å². The molecule has 0 aliphatic heterocycles. The van der Waals surface area contributed by atoms with Crippen LogP contribution in [0.3, 0.4) is 0 Å². The zero-order valence-electron chi connectivity index (χ0n) is 35.1. The van der Waals surface area contributed by atoms with Gasteiger partial charge < -0.3 is 45.5 Å². The number of nitrogens with zero attached hydrogens (tertiary/aromatic N) is 2. The Bertz CT molecular complexity index is 2750. The zero-order chi connectivity index (χ0) is 48.0. The van der Waals surface area contributed by atoms with E-state index in [1.165, 1.54) is 6.07 Å². The van der Waals surface area contributed by atoms with Gasteiger partial charge in [0.1, 0.15) is 18.9 Å². The van der Waals surface area contributed by atoms with E-state index >= 15 is 0 Å². The summed E-state index contributed by atoms with van der Waals surface area (Å²) < 4.78 is 15.3. The number of carbonyl (C=O) groups excluding carboxylic acids is 1. The van der Waals surface area contributed by atoms with Gasteiger partial charge in [-0.25, -0.2) is 4.79 Å². The molecule has 19 heteroatoms. The molecule has 6 aromatic rings. The average Bonchev–Trinajstić information content (AvgIpc) is 3.29. The number of hydrogen-bond acceptors (Lipinski definition) is 11. The zero-order valence-corrected chi connectivity index (χ0v) is 44.6. The average molecular weight is 1300 g/mol. The Morgan fingerprint density at radius 2 is 0.940 bits per heavy atom. The number of amides is 1. The first kappa shape index (κ1) is 51.6. The van der Waals surface area contributed by atoms with Crippen molar-refractivity contribution in [2.75, 3.05) is 13.1 Å². The van der Waals surface area contributed by atoms with Crippen molar-refractivity contribution in [2.45, 2.75) is 38.9 Å². The molecule has 13 nitrogen and oxygen atoms in total. The van der Waals surface area contributed by atoms with Crippen LogP contribution in [0.4, 0.5) is 0 Å². The molecule has 6 aromatic carbocycles. The number of oxime groups is 2. The van der Waals surface area contributed by atoms with Crippen molar-refractivity contribution in [1.82, 2.24) is 5.32 Å². The van der Waals surface area contributed by atoms with Crippen molar-refractivity contribution < 1.29 is 44.1 Å². The SMILES string of the molecule is NCCc1cc(Br)c(Oc2cc(CCNC(=O)/C(Cc3cc(Br)c(Oc4cc(C/C(=N/OCc5ccccc5)C(=O)O)cc(Br)c4O)c(Br)c3)=N\OCc3ccccc3)cc(Br)c2O)c(Br)c1. The predicted octanol–water partition coefficient (Wildman–Crippen LogP) is 12.4. The monoisotopic (exact) mass is 1290 g/mol. The van der Waals surface area contributed by atoms with E-state index in [9.17, 15) is 24.9 Å². The minimum absolute atomic E-state index is 0.0291. The van der Waals surface area contributed by atoms with Crippen LogP contribution in [-0.4, -0.2) is 51.7 Å². The van der Waals surface area contributed by atoms with Gasteiger partial charge in [0.25, 0.3) is 5.91 Å². The topological polar surface area (TPSA) is 195 Å². The van der Waals surface area contributed by atoms with Crippen molar-refractivity contribution in [3.8, 4) is 34.5 Å². The second kappa shape index (κ2) is 25.0. The van der Waals surface area contributed by atoms with E-state index in [4.69, 9.17) is 24.9 Å². The normalized spacial score (nSPS) is 11.6. The fourth-order valence-electron chi connectivity index (χ4n) is 6.34. The van der Waals surface area contributed by atoms with Gasteiger partial charge in [0.15, 0.2) is 40.2 Å². The Kier molecular flexibility index (Phi) is 19.3. The number of phenols is 2. The molecular weight excluding hydrogens is 1260 g/mol. The van der Waals surface area contributed by atoms with Gasteiger partial charge >= 0.3 is 5.97 Å². The van der Waals surface area contributed by atoms with Crippen molar-refractivity contribution in [1.29, 1.82) is 0 Å². The molecule has 0 spiro atoms. The lowest BCUT2D eigenvalue weighted by atomic mass is 10.1. The number of carbonyl (C=O) groups is 2. The first-order valence-electron chi connectivity index (χ1n) is 20.2. The molecule has 6 rings (SSSR count). The number of hydrogen-bond donors (Lipinski definition) is 5. The summed E-state index contributed by atoms with van der Waals surface area (Å²) in [6.45, 7) is 0.908. The lowest BCUT2D eigenvalue weighted by molar-refractivity contribution is -0.129. The fourth-order valence-corrected chi connectivity index (χ4v) is 10.2. The van der Waals surface area contributed by atoms with Crippen LogP contribution in [0.25, 0.3) is 0 Å². The number of carboxylic acid groups (broad SMARTS) is 1. The third kappa shape index (κ3) is 14.9. The van der Waals surface area contributed by atoms with Crippen LogP contribution in [0, 0.1) is 0 Å². The van der Waals surface area contributed by atoms with Crippen LogP contribution in [0.1, 0.15) is 33.4 Å². The van der Waals surface area contributed by atoms with Crippen LogP contribution in [0.2, 0.25) is 0 Å². The van der Waals surface area contributed by atoms with Crippen molar-refractivity contribution >= 4 is 119 Å². The number of aliphatic carboxylic acids is 1. The molecule has 0 bridgehead atoms. The molecule has 0 unspecified atom stereocenters. The van der Waals surface area contributed by atoms with E-state index < -0.39 is 11.9 Å². The number of benzene rings is 6. The molecule has 0 saturated carbocycles. The molecule has 0 radical (unpaired) electrons. The molecule has 0 aromatic heterocycles. The number of nitrogens with two attached hydrogens (primary N) is 1. The highest BCUT2D eigenvalue weighted by atomic mass is 79.9. The summed E-state index contributed by atoms with van der Waals surface area (Å²) in [4.78, 5) is 37.0. The fraction of sp³-hybridized carbons (Fsp3) is 0.167. The molecule has 0 aliphatic rings. The molecule has 0 heterocycles. The van der Waals surface area contributed by atoms with Gasteiger partial charge in [-0.15, -0.1) is 0 Å². The molecule has 0 atom stereocenters. The van der Waals surface area contributed by atoms with Gasteiger partial charge in [0.2, 0.25) is 0 Å². The molecule has 0 fully saturated rings. The molecule has 6 N–H and O–H groups in total. The van der Waals surface area contributed by atoms with E-state index in [0.717, 1.165) is 22.3 Å². The molecule has 0 aliphatic carbocycles. The first-order chi connectivity index (χ1) is 32.2. The lowest BCUT2D eigenvalue weighted by Crippen LogP contribution is -2.34. The van der Waals surface area contributed by atoms with Crippen molar-refractivity contribution in [2.24, 2.45) is 16.0 Å². The lowest BCUT2D eigenvalue weighted by Gasteiger charge is -2.16. The summed E-state index contributed by atoms with van der Waals surface area (Å²) in [5.74, 6) is -1.05. The highest BCUT2D eigenvalue weighted by molar-refractivity contribution is 9.11. The maximum Gasteiger partial charge on any atom is 0.354 e. The van der Waals surface area contributed by atoms with E-state index in [0.29, 0.717) is 58.6 Å².